The van der Waals surface area contributed by atoms with E-state index >= 15 is 0 Å². The van der Waals surface area contributed by atoms with Crippen LogP contribution in [0.1, 0.15) is 26.5 Å². The van der Waals surface area contributed by atoms with Gasteiger partial charge in [0.2, 0.25) is 0 Å². The lowest BCUT2D eigenvalue weighted by Gasteiger charge is -2.14. The lowest BCUT2D eigenvalue weighted by molar-refractivity contribution is 0.262. The van der Waals surface area contributed by atoms with Crippen molar-refractivity contribution < 1.29 is 9.18 Å². The average molecular weight is 433 g/mol. The lowest BCUT2D eigenvalue weighted by atomic mass is 9.92. The molecule has 4 rings (SSSR count). The summed E-state index contributed by atoms with van der Waals surface area (Å²) in [5, 5.41) is 10.3. The van der Waals surface area contributed by atoms with Crippen LogP contribution in [-0.4, -0.2) is 25.4 Å². The molecule has 0 atom stereocenters. The number of urea groups is 1. The Labute approximate surface area is 184 Å². The number of carbonyl (C=O) groups is 1. The highest BCUT2D eigenvalue weighted by atomic mass is 19.1. The molecule has 0 aliphatic heterocycles. The van der Waals surface area contributed by atoms with Crippen molar-refractivity contribution in [3.05, 3.63) is 78.6 Å². The van der Waals surface area contributed by atoms with Gasteiger partial charge in [0.1, 0.15) is 23.8 Å². The van der Waals surface area contributed by atoms with Gasteiger partial charge < -0.3 is 11.1 Å². The highest BCUT2D eigenvalue weighted by Gasteiger charge is 2.21. The fraction of sp³-hybridized carbons (Fsp3) is 0.174. The van der Waals surface area contributed by atoms with E-state index in [0.717, 1.165) is 11.4 Å². The summed E-state index contributed by atoms with van der Waals surface area (Å²) >= 11 is 0. The van der Waals surface area contributed by atoms with Gasteiger partial charge in [0.25, 0.3) is 0 Å². The Balaban J connectivity index is 1.54. The number of anilines is 3. The summed E-state index contributed by atoms with van der Waals surface area (Å²) in [5.74, 6) is 0.652. The van der Waals surface area contributed by atoms with Crippen LogP contribution in [0.3, 0.4) is 0 Å². The first-order chi connectivity index (χ1) is 15.2. The van der Waals surface area contributed by atoms with E-state index in [2.05, 4.69) is 20.7 Å². The molecule has 4 aromatic rings. The van der Waals surface area contributed by atoms with Crippen molar-refractivity contribution in [3.63, 3.8) is 0 Å². The number of amides is 2. The van der Waals surface area contributed by atoms with Gasteiger partial charge in [-0.05, 0) is 48.5 Å². The molecule has 0 unspecified atom stereocenters. The molecule has 164 valence electrons. The number of nitrogen functional groups attached to an aromatic ring is 1. The van der Waals surface area contributed by atoms with Gasteiger partial charge in [-0.2, -0.15) is 5.10 Å². The summed E-state index contributed by atoms with van der Waals surface area (Å²) in [6, 6.07) is 14.5. The third-order valence-electron chi connectivity index (χ3n) is 4.86. The van der Waals surface area contributed by atoms with Crippen molar-refractivity contribution >= 4 is 23.4 Å². The van der Waals surface area contributed by atoms with Crippen LogP contribution in [0, 0.1) is 5.82 Å². The molecule has 0 aliphatic rings. The van der Waals surface area contributed by atoms with Crippen molar-refractivity contribution in [2.45, 2.75) is 26.2 Å². The summed E-state index contributed by atoms with van der Waals surface area (Å²) in [4.78, 5) is 16.7. The second-order valence-electron chi connectivity index (χ2n) is 8.37. The summed E-state index contributed by atoms with van der Waals surface area (Å²) in [6.45, 7) is 6.09. The van der Waals surface area contributed by atoms with Gasteiger partial charge in [-0.15, -0.1) is 0 Å². The van der Waals surface area contributed by atoms with Crippen molar-refractivity contribution in [2.75, 3.05) is 16.4 Å². The van der Waals surface area contributed by atoms with Gasteiger partial charge in [-0.1, -0.05) is 20.8 Å². The molecule has 0 aliphatic carbocycles. The quantitative estimate of drug-likeness (QED) is 0.433. The smallest absolute Gasteiger partial charge is 0.324 e. The molecule has 0 saturated heterocycles. The Hall–Kier alpha value is -4.14. The zero-order valence-corrected chi connectivity index (χ0v) is 18.0. The molecular formula is C23H24FN7O. The Morgan fingerprint density at radius 2 is 1.66 bits per heavy atom. The Morgan fingerprint density at radius 3 is 2.25 bits per heavy atom. The maximum Gasteiger partial charge on any atom is 0.324 e. The lowest BCUT2D eigenvalue weighted by Crippen LogP contribution is -2.21. The fourth-order valence-corrected chi connectivity index (χ4v) is 3.12. The third kappa shape index (κ3) is 4.46. The minimum atomic E-state index is -0.427. The molecule has 2 aromatic heterocycles. The van der Waals surface area contributed by atoms with Crippen LogP contribution < -0.4 is 16.4 Å². The molecular weight excluding hydrogens is 409 g/mol. The highest BCUT2D eigenvalue weighted by molar-refractivity contribution is 5.99. The number of nitrogens with two attached hydrogens (primary N) is 1. The number of nitrogens with one attached hydrogen (secondary N) is 2. The predicted molar refractivity (Wildman–Crippen MR) is 123 cm³/mol. The number of imidazole rings is 1. The van der Waals surface area contributed by atoms with Crippen molar-refractivity contribution in [2.24, 2.45) is 0 Å². The van der Waals surface area contributed by atoms with Gasteiger partial charge in [-0.25, -0.2) is 18.9 Å². The number of hydrogen-bond acceptors (Lipinski definition) is 4. The monoisotopic (exact) mass is 433 g/mol. The first kappa shape index (κ1) is 21.1. The van der Waals surface area contributed by atoms with Crippen molar-refractivity contribution in [1.29, 1.82) is 0 Å². The van der Waals surface area contributed by atoms with Crippen LogP contribution in [-0.2, 0) is 5.41 Å². The number of carbonyl (C=O) groups excluding carboxylic acids is 1. The Bertz CT molecular complexity index is 1230. The molecule has 0 bridgehead atoms. The molecule has 32 heavy (non-hydrogen) atoms. The van der Waals surface area contributed by atoms with Crippen LogP contribution in [0.25, 0.3) is 11.4 Å². The van der Waals surface area contributed by atoms with Gasteiger partial charge in [-0.3, -0.25) is 9.88 Å². The third-order valence-corrected chi connectivity index (χ3v) is 4.86. The highest BCUT2D eigenvalue weighted by Crippen LogP contribution is 2.26. The van der Waals surface area contributed by atoms with Gasteiger partial charge in [0, 0.05) is 22.9 Å². The van der Waals surface area contributed by atoms with Gasteiger partial charge >= 0.3 is 6.03 Å². The predicted octanol–water partition coefficient (Wildman–Crippen LogP) is 4.72. The van der Waals surface area contributed by atoms with Crippen LogP contribution >= 0.6 is 0 Å². The molecule has 8 nitrogen and oxygen atoms in total. The van der Waals surface area contributed by atoms with Gasteiger partial charge in [0.05, 0.1) is 17.6 Å². The zero-order chi connectivity index (χ0) is 22.9. The number of benzene rings is 2. The first-order valence-electron chi connectivity index (χ1n) is 10.0. The summed E-state index contributed by atoms with van der Waals surface area (Å²) < 4.78 is 16.7. The normalized spacial score (nSPS) is 11.4. The van der Waals surface area contributed by atoms with E-state index in [-0.39, 0.29) is 11.2 Å². The van der Waals surface area contributed by atoms with E-state index in [1.807, 2.05) is 39.0 Å². The second-order valence-corrected chi connectivity index (χ2v) is 8.37. The molecule has 0 fully saturated rings. The van der Waals surface area contributed by atoms with Crippen LogP contribution in [0.15, 0.2) is 67.1 Å². The summed E-state index contributed by atoms with van der Waals surface area (Å²) in [6.07, 6.45) is 3.18. The number of nitrogens with zero attached hydrogens (tertiary/aromatic N) is 4. The molecule has 2 amide bonds. The number of aromatic nitrogens is 4. The molecule has 0 spiro atoms. The number of halogens is 1. The minimum Gasteiger partial charge on any atom is -0.383 e. The van der Waals surface area contributed by atoms with E-state index in [9.17, 15) is 9.18 Å². The minimum absolute atomic E-state index is 0.233. The standard InChI is InChI=1S/C23H24FN7O/c1-23(2,3)19-12-21(31(29-19)18-8-4-15(24)5-9-18)28-22(32)27-16-6-10-17(11-7-16)30-14-26-13-20(30)25/h4-14H,25H2,1-3H3,(H2,27,28,32). The van der Waals surface area contributed by atoms with Crippen molar-refractivity contribution in [3.8, 4) is 11.4 Å². The van der Waals surface area contributed by atoms with E-state index < -0.39 is 6.03 Å². The Kier molecular flexibility index (Phi) is 5.40. The number of hydrogen-bond donors (Lipinski definition) is 3. The molecule has 2 heterocycles. The summed E-state index contributed by atoms with van der Waals surface area (Å²) in [7, 11) is 0. The average Bonchev–Trinajstić information content (AvgIpc) is 3.35. The Morgan fingerprint density at radius 1 is 1.00 bits per heavy atom. The second kappa shape index (κ2) is 8.18. The maximum atomic E-state index is 13.4. The zero-order valence-electron chi connectivity index (χ0n) is 18.0. The molecule has 4 N–H and O–H groups in total. The SMILES string of the molecule is CC(C)(C)c1cc(NC(=O)Nc2ccc(-n3cncc3N)cc2)n(-c2ccc(F)cc2)n1. The fourth-order valence-electron chi connectivity index (χ4n) is 3.12. The molecule has 0 saturated carbocycles. The van der Waals surface area contributed by atoms with Crippen LogP contribution in [0.2, 0.25) is 0 Å². The maximum absolute atomic E-state index is 13.4. The molecule has 2 aromatic carbocycles. The van der Waals surface area contributed by atoms with Gasteiger partial charge in [0.15, 0.2) is 0 Å². The van der Waals surface area contributed by atoms with Crippen LogP contribution in [0.5, 0.6) is 0 Å². The molecule has 0 radical (unpaired) electrons. The summed E-state index contributed by atoms with van der Waals surface area (Å²) in [5.41, 5.74) is 8.50. The first-order valence-corrected chi connectivity index (χ1v) is 10.0. The number of rotatable bonds is 4. The van der Waals surface area contributed by atoms with E-state index in [4.69, 9.17) is 5.73 Å². The van der Waals surface area contributed by atoms with E-state index in [1.54, 1.807) is 46.0 Å². The largest absolute Gasteiger partial charge is 0.383 e. The molecule has 9 heteroatoms. The topological polar surface area (TPSA) is 103 Å². The van der Waals surface area contributed by atoms with Crippen molar-refractivity contribution in [1.82, 2.24) is 19.3 Å². The van der Waals surface area contributed by atoms with E-state index in [1.165, 1.54) is 12.1 Å². The van der Waals surface area contributed by atoms with E-state index in [0.29, 0.717) is 23.0 Å². The van der Waals surface area contributed by atoms with Crippen LogP contribution in [0.4, 0.5) is 26.5 Å².